The Labute approximate surface area is 162 Å². The first-order valence-electron chi connectivity index (χ1n) is 8.19. The summed E-state index contributed by atoms with van der Waals surface area (Å²) in [6, 6.07) is 13.1. The van der Waals surface area contributed by atoms with E-state index in [1.807, 2.05) is 61.1 Å². The van der Waals surface area contributed by atoms with Gasteiger partial charge in [0.05, 0.1) is 20.7 Å². The number of nitriles is 2. The van der Waals surface area contributed by atoms with E-state index in [4.69, 9.17) is 15.3 Å². The molecule has 0 aliphatic carbocycles. The minimum absolute atomic E-state index is 0.0352. The van der Waals surface area contributed by atoms with Crippen LogP contribution in [0.25, 0.3) is 17.2 Å². The van der Waals surface area contributed by atoms with Gasteiger partial charge in [0.2, 0.25) is 6.34 Å². The summed E-state index contributed by atoms with van der Waals surface area (Å²) in [5.74, 6) is -0.461. The zero-order valence-electron chi connectivity index (χ0n) is 15.3. The number of carbonyl (C=O) groups excluding carboxylic acids is 1. The van der Waals surface area contributed by atoms with Crippen molar-refractivity contribution < 1.29 is 14.1 Å². The Morgan fingerprint density at radius 2 is 1.93 bits per heavy atom. The summed E-state index contributed by atoms with van der Waals surface area (Å²) >= 11 is 1.29. The molecule has 0 atom stereocenters. The summed E-state index contributed by atoms with van der Waals surface area (Å²) in [4.78, 5) is 13.3. The largest absolute Gasteiger partial charge is 0.462 e. The number of nitrogens with zero attached hydrogens (tertiary/aromatic N) is 3. The first-order chi connectivity index (χ1) is 13.0. The second kappa shape index (κ2) is 9.33. The molecule has 1 aromatic carbocycles. The molecule has 1 aromatic heterocycles. The molecule has 0 saturated carbocycles. The molecule has 0 aliphatic heterocycles. The Kier molecular flexibility index (Phi) is 6.87. The average Bonchev–Trinajstić information content (AvgIpc) is 3.03. The maximum absolute atomic E-state index is 12.7. The fourth-order valence-corrected chi connectivity index (χ4v) is 3.47. The van der Waals surface area contributed by atoms with E-state index in [9.17, 15) is 4.79 Å². The number of allylic oxidation sites excluding steroid dienone is 1. The summed E-state index contributed by atoms with van der Waals surface area (Å²) in [7, 11) is 3.71. The molecule has 136 valence electrons. The van der Waals surface area contributed by atoms with Crippen molar-refractivity contribution in [3.8, 4) is 23.3 Å². The van der Waals surface area contributed by atoms with Crippen LogP contribution in [0, 0.1) is 22.7 Å². The second-order valence-corrected chi connectivity index (χ2v) is 6.70. The number of carbonyl (C=O) groups is 1. The van der Waals surface area contributed by atoms with Crippen molar-refractivity contribution in [3.05, 3.63) is 46.3 Å². The smallest absolute Gasteiger partial charge is 0.344 e. The van der Waals surface area contributed by atoms with E-state index in [1.165, 1.54) is 17.4 Å². The molecule has 0 fully saturated rings. The van der Waals surface area contributed by atoms with Crippen LogP contribution in [-0.2, 0) is 4.74 Å². The quantitative estimate of drug-likeness (QED) is 0.272. The van der Waals surface area contributed by atoms with Crippen LogP contribution in [0.2, 0.25) is 0 Å². The van der Waals surface area contributed by atoms with E-state index in [2.05, 4.69) is 5.32 Å². The minimum atomic E-state index is -0.461. The molecule has 2 rings (SSSR count). The van der Waals surface area contributed by atoms with Gasteiger partial charge in [-0.15, -0.1) is 0 Å². The molecule has 0 radical (unpaired) electrons. The maximum atomic E-state index is 12.7. The van der Waals surface area contributed by atoms with Gasteiger partial charge in [-0.05, 0) is 18.6 Å². The van der Waals surface area contributed by atoms with E-state index in [-0.39, 0.29) is 12.2 Å². The normalized spacial score (nSPS) is 9.52. The van der Waals surface area contributed by atoms with Crippen molar-refractivity contribution in [2.45, 2.75) is 6.92 Å². The molecular weight excluding hydrogens is 360 g/mol. The van der Waals surface area contributed by atoms with Gasteiger partial charge in [-0.1, -0.05) is 41.7 Å². The fourth-order valence-electron chi connectivity index (χ4n) is 2.35. The minimum Gasteiger partial charge on any atom is -0.462 e. The number of hydrogen-bond acceptors (Lipinski definition) is 5. The Bertz CT molecular complexity index is 956. The standard InChI is InChI=1S/C20H18N4O2S/c1-4-26-20(25)18-17(15-8-6-5-7-9-15)16(10-14(11-21)12-22)27-19(18)23-13-24(2)3/h5-10,13H,4H2,1-3H3/p+1. The van der Waals surface area contributed by atoms with Crippen LogP contribution in [0.1, 0.15) is 22.2 Å². The number of hydrogen-bond donors (Lipinski definition) is 1. The van der Waals surface area contributed by atoms with E-state index in [1.54, 1.807) is 13.3 Å². The number of thiophene rings is 1. The molecule has 0 bridgehead atoms. The van der Waals surface area contributed by atoms with Gasteiger partial charge in [0.1, 0.15) is 23.3 Å². The molecule has 0 saturated heterocycles. The van der Waals surface area contributed by atoms with Gasteiger partial charge in [0.15, 0.2) is 5.00 Å². The molecule has 0 spiro atoms. The van der Waals surface area contributed by atoms with Crippen molar-refractivity contribution in [1.82, 2.24) is 0 Å². The highest BCUT2D eigenvalue weighted by molar-refractivity contribution is 7.18. The first kappa shape index (κ1) is 19.9. The number of anilines is 1. The Morgan fingerprint density at radius 3 is 2.48 bits per heavy atom. The van der Waals surface area contributed by atoms with E-state index in [0.717, 1.165) is 5.56 Å². The van der Waals surface area contributed by atoms with Crippen molar-refractivity contribution in [3.63, 3.8) is 0 Å². The fraction of sp³-hybridized carbons (Fsp3) is 0.200. The maximum Gasteiger partial charge on any atom is 0.344 e. The lowest BCUT2D eigenvalue weighted by atomic mass is 10.00. The molecule has 0 amide bonds. The SMILES string of the molecule is CCOC(=O)c1c(NC=[N+](C)C)sc(C=C(C#N)C#N)c1-c1ccccc1. The van der Waals surface area contributed by atoms with Gasteiger partial charge < -0.3 is 4.74 Å². The molecule has 0 aliphatic rings. The van der Waals surface area contributed by atoms with Gasteiger partial charge in [0.25, 0.3) is 0 Å². The predicted molar refractivity (Wildman–Crippen MR) is 107 cm³/mol. The summed E-state index contributed by atoms with van der Waals surface area (Å²) < 4.78 is 7.07. The third-order valence-corrected chi connectivity index (χ3v) is 4.52. The summed E-state index contributed by atoms with van der Waals surface area (Å²) in [6.07, 6.45) is 3.21. The van der Waals surface area contributed by atoms with Crippen LogP contribution >= 0.6 is 11.3 Å². The average molecular weight is 379 g/mol. The number of esters is 1. The third kappa shape index (κ3) is 4.81. The van der Waals surface area contributed by atoms with Gasteiger partial charge >= 0.3 is 5.97 Å². The first-order valence-corrected chi connectivity index (χ1v) is 9.01. The highest BCUT2D eigenvalue weighted by Gasteiger charge is 2.27. The van der Waals surface area contributed by atoms with E-state index >= 15 is 0 Å². The number of benzene rings is 1. The molecule has 2 aromatic rings. The lowest BCUT2D eigenvalue weighted by Gasteiger charge is -2.06. The van der Waals surface area contributed by atoms with Crippen LogP contribution in [0.3, 0.4) is 0 Å². The molecule has 6 nitrogen and oxygen atoms in total. The van der Waals surface area contributed by atoms with Gasteiger partial charge in [-0.2, -0.15) is 10.5 Å². The monoisotopic (exact) mass is 379 g/mol. The van der Waals surface area contributed by atoms with Crippen LogP contribution in [0.15, 0.2) is 35.9 Å². The number of nitrogens with one attached hydrogen (secondary N) is 1. The summed E-state index contributed by atoms with van der Waals surface area (Å²) in [5, 5.41) is 22.0. The highest BCUT2D eigenvalue weighted by atomic mass is 32.1. The Balaban J connectivity index is 2.80. The van der Waals surface area contributed by atoms with Crippen molar-refractivity contribution in [1.29, 1.82) is 10.5 Å². The lowest BCUT2D eigenvalue weighted by Crippen LogP contribution is -2.11. The summed E-state index contributed by atoms with van der Waals surface area (Å²) in [5.41, 5.74) is 1.78. The van der Waals surface area contributed by atoms with Crippen LogP contribution in [0.4, 0.5) is 5.00 Å². The van der Waals surface area contributed by atoms with Gasteiger partial charge in [-0.25, -0.2) is 10.1 Å². The van der Waals surface area contributed by atoms with E-state index in [0.29, 0.717) is 21.0 Å². The number of rotatable bonds is 6. The Morgan fingerprint density at radius 1 is 1.26 bits per heavy atom. The topological polar surface area (TPSA) is 88.9 Å². The van der Waals surface area contributed by atoms with Crippen LogP contribution in [0.5, 0.6) is 0 Å². The zero-order valence-corrected chi connectivity index (χ0v) is 16.1. The molecule has 1 heterocycles. The van der Waals surface area contributed by atoms with Crippen molar-refractivity contribution in [2.75, 3.05) is 26.0 Å². The number of ether oxygens (including phenoxy) is 1. The molecular formula is C20H19N4O2S+. The third-order valence-electron chi connectivity index (χ3n) is 3.45. The van der Waals surface area contributed by atoms with E-state index < -0.39 is 5.97 Å². The van der Waals surface area contributed by atoms with Crippen LogP contribution in [-0.4, -0.2) is 37.6 Å². The molecule has 7 heteroatoms. The summed E-state index contributed by atoms with van der Waals surface area (Å²) in [6.45, 7) is 1.99. The zero-order chi connectivity index (χ0) is 19.8. The Hall–Kier alpha value is -3.42. The molecule has 1 N–H and O–H groups in total. The van der Waals surface area contributed by atoms with Crippen molar-refractivity contribution in [2.24, 2.45) is 0 Å². The molecule has 27 heavy (non-hydrogen) atoms. The second-order valence-electron chi connectivity index (χ2n) is 5.65. The van der Waals surface area contributed by atoms with Crippen molar-refractivity contribution >= 4 is 34.7 Å². The lowest BCUT2D eigenvalue weighted by molar-refractivity contribution is -0.459. The van der Waals surface area contributed by atoms with Gasteiger partial charge in [-0.3, -0.25) is 4.58 Å². The predicted octanol–water partition coefficient (Wildman–Crippen LogP) is 3.73. The van der Waals surface area contributed by atoms with Gasteiger partial charge in [0, 0.05) is 10.4 Å². The van der Waals surface area contributed by atoms with Crippen LogP contribution < -0.4 is 5.32 Å². The highest BCUT2D eigenvalue weighted by Crippen LogP contribution is 2.41. The molecule has 0 unspecified atom stereocenters.